The Morgan fingerprint density at radius 1 is 0.774 bits per heavy atom. The highest BCUT2D eigenvalue weighted by Crippen LogP contribution is 2.30. The maximum Gasteiger partial charge on any atom is 0.283 e. The summed E-state index contributed by atoms with van der Waals surface area (Å²) in [4.78, 5) is 38.9. The Balaban J connectivity index is 1.53. The monoisotopic (exact) mass is 451 g/mol. The van der Waals surface area contributed by atoms with Crippen LogP contribution in [0.3, 0.4) is 0 Å². The SMILES string of the molecule is O=C(Nc1ccc(Cl)cc1)c1cccc(NC2=C(Cl)C(=O)N(c3ccccc3)C2=O)c1. The molecule has 0 unspecified atom stereocenters. The molecule has 0 aromatic heterocycles. The maximum absolute atomic E-state index is 12.8. The van der Waals surface area contributed by atoms with E-state index in [2.05, 4.69) is 10.6 Å². The zero-order valence-corrected chi connectivity index (χ0v) is 17.4. The Hall–Kier alpha value is -3.61. The van der Waals surface area contributed by atoms with E-state index in [-0.39, 0.29) is 16.6 Å². The van der Waals surface area contributed by atoms with E-state index in [1.54, 1.807) is 78.9 Å². The lowest BCUT2D eigenvalue weighted by atomic mass is 10.1. The number of rotatable bonds is 5. The summed E-state index contributed by atoms with van der Waals surface area (Å²) in [6, 6.07) is 21.7. The number of carbonyl (C=O) groups is 3. The van der Waals surface area contributed by atoms with Gasteiger partial charge in [0.15, 0.2) is 0 Å². The minimum Gasteiger partial charge on any atom is -0.350 e. The van der Waals surface area contributed by atoms with Crippen molar-refractivity contribution in [2.24, 2.45) is 0 Å². The summed E-state index contributed by atoms with van der Waals surface area (Å²) in [6.07, 6.45) is 0. The number of para-hydroxylation sites is 1. The molecular formula is C23H15Cl2N3O3. The standard InChI is InChI=1S/C23H15Cl2N3O3/c24-15-9-11-16(12-10-15)27-21(29)14-5-4-6-17(13-14)26-20-19(25)22(30)28(23(20)31)18-7-2-1-3-8-18/h1-13,26H,(H,27,29). The molecule has 2 N–H and O–H groups in total. The molecule has 0 fully saturated rings. The average Bonchev–Trinajstić information content (AvgIpc) is 2.99. The number of halogens is 2. The molecule has 1 heterocycles. The predicted molar refractivity (Wildman–Crippen MR) is 121 cm³/mol. The van der Waals surface area contributed by atoms with Crippen LogP contribution in [-0.2, 0) is 9.59 Å². The Morgan fingerprint density at radius 2 is 1.48 bits per heavy atom. The minimum absolute atomic E-state index is 0.0502. The van der Waals surface area contributed by atoms with E-state index >= 15 is 0 Å². The van der Waals surface area contributed by atoms with Gasteiger partial charge in [0.1, 0.15) is 10.7 Å². The first-order chi connectivity index (χ1) is 14.9. The van der Waals surface area contributed by atoms with Crippen LogP contribution in [0.15, 0.2) is 89.6 Å². The second-order valence-electron chi connectivity index (χ2n) is 6.64. The van der Waals surface area contributed by atoms with Gasteiger partial charge in [0.2, 0.25) is 0 Å². The van der Waals surface area contributed by atoms with Crippen LogP contribution in [0.2, 0.25) is 5.02 Å². The summed E-state index contributed by atoms with van der Waals surface area (Å²) in [5.74, 6) is -1.53. The van der Waals surface area contributed by atoms with Crippen LogP contribution in [0.5, 0.6) is 0 Å². The molecule has 0 atom stereocenters. The third-order valence-electron chi connectivity index (χ3n) is 4.54. The Morgan fingerprint density at radius 3 is 2.19 bits per heavy atom. The van der Waals surface area contributed by atoms with Crippen molar-refractivity contribution in [3.8, 4) is 0 Å². The van der Waals surface area contributed by atoms with E-state index in [1.807, 2.05) is 0 Å². The van der Waals surface area contributed by atoms with Gasteiger partial charge in [0.05, 0.1) is 5.69 Å². The zero-order chi connectivity index (χ0) is 22.0. The zero-order valence-electron chi connectivity index (χ0n) is 15.9. The summed E-state index contributed by atoms with van der Waals surface area (Å²) in [6.45, 7) is 0. The van der Waals surface area contributed by atoms with Crippen LogP contribution in [0.4, 0.5) is 17.1 Å². The number of anilines is 3. The van der Waals surface area contributed by atoms with Gasteiger partial charge < -0.3 is 10.6 Å². The number of imide groups is 1. The summed E-state index contributed by atoms with van der Waals surface area (Å²) >= 11 is 12.0. The summed E-state index contributed by atoms with van der Waals surface area (Å²) in [5, 5.41) is 5.99. The van der Waals surface area contributed by atoms with E-state index in [4.69, 9.17) is 23.2 Å². The van der Waals surface area contributed by atoms with Gasteiger partial charge >= 0.3 is 0 Å². The van der Waals surface area contributed by atoms with E-state index in [9.17, 15) is 14.4 Å². The van der Waals surface area contributed by atoms with E-state index in [0.29, 0.717) is 27.6 Å². The first-order valence-electron chi connectivity index (χ1n) is 9.21. The third-order valence-corrected chi connectivity index (χ3v) is 5.14. The van der Waals surface area contributed by atoms with Crippen molar-refractivity contribution in [1.82, 2.24) is 0 Å². The molecule has 3 aromatic rings. The second kappa shape index (κ2) is 8.63. The van der Waals surface area contributed by atoms with Crippen LogP contribution in [0.25, 0.3) is 0 Å². The molecule has 1 aliphatic rings. The lowest BCUT2D eigenvalue weighted by Gasteiger charge is -2.15. The number of hydrogen-bond acceptors (Lipinski definition) is 4. The normalized spacial score (nSPS) is 13.5. The van der Waals surface area contributed by atoms with Gasteiger partial charge in [-0.3, -0.25) is 14.4 Å². The highest BCUT2D eigenvalue weighted by molar-refractivity contribution is 6.53. The van der Waals surface area contributed by atoms with Crippen molar-refractivity contribution < 1.29 is 14.4 Å². The lowest BCUT2D eigenvalue weighted by molar-refractivity contribution is -0.120. The second-order valence-corrected chi connectivity index (χ2v) is 7.45. The van der Waals surface area contributed by atoms with Gasteiger partial charge in [0.25, 0.3) is 17.7 Å². The van der Waals surface area contributed by atoms with Gasteiger partial charge in [0, 0.05) is 22.0 Å². The van der Waals surface area contributed by atoms with Crippen molar-refractivity contribution in [2.75, 3.05) is 15.5 Å². The van der Waals surface area contributed by atoms with Crippen LogP contribution >= 0.6 is 23.2 Å². The molecule has 154 valence electrons. The first kappa shape index (κ1) is 20.7. The Bertz CT molecular complexity index is 1210. The van der Waals surface area contributed by atoms with Gasteiger partial charge in [-0.25, -0.2) is 4.90 Å². The molecule has 3 amide bonds. The molecule has 31 heavy (non-hydrogen) atoms. The fourth-order valence-electron chi connectivity index (χ4n) is 3.04. The summed E-state index contributed by atoms with van der Waals surface area (Å²) < 4.78 is 0. The third kappa shape index (κ3) is 4.30. The largest absolute Gasteiger partial charge is 0.350 e. The molecule has 4 rings (SSSR count). The molecule has 3 aromatic carbocycles. The molecule has 0 aliphatic carbocycles. The molecule has 0 saturated carbocycles. The number of carbonyl (C=O) groups excluding carboxylic acids is 3. The molecular weight excluding hydrogens is 437 g/mol. The minimum atomic E-state index is -0.614. The highest BCUT2D eigenvalue weighted by atomic mass is 35.5. The number of nitrogens with zero attached hydrogens (tertiary/aromatic N) is 1. The van der Waals surface area contributed by atoms with Gasteiger partial charge in [-0.05, 0) is 54.6 Å². The molecule has 6 nitrogen and oxygen atoms in total. The summed E-state index contributed by atoms with van der Waals surface area (Å²) in [5.41, 5.74) is 1.75. The Labute approximate surface area is 188 Å². The van der Waals surface area contributed by atoms with Crippen molar-refractivity contribution in [2.45, 2.75) is 0 Å². The predicted octanol–water partition coefficient (Wildman–Crippen LogP) is 5.03. The number of amides is 3. The van der Waals surface area contributed by atoms with E-state index in [0.717, 1.165) is 4.90 Å². The number of benzene rings is 3. The topological polar surface area (TPSA) is 78.5 Å². The van der Waals surface area contributed by atoms with Crippen LogP contribution in [0.1, 0.15) is 10.4 Å². The van der Waals surface area contributed by atoms with Crippen molar-refractivity contribution >= 4 is 58.0 Å². The Kier molecular flexibility index (Phi) is 5.75. The fraction of sp³-hybridized carbons (Fsp3) is 0. The highest BCUT2D eigenvalue weighted by Gasteiger charge is 2.38. The van der Waals surface area contributed by atoms with Gasteiger partial charge in [-0.15, -0.1) is 0 Å². The maximum atomic E-state index is 12.8. The quantitative estimate of drug-likeness (QED) is 0.533. The number of nitrogens with one attached hydrogen (secondary N) is 2. The van der Waals surface area contributed by atoms with Crippen molar-refractivity contribution in [3.05, 3.63) is 100 Å². The van der Waals surface area contributed by atoms with Crippen molar-refractivity contribution in [3.63, 3.8) is 0 Å². The van der Waals surface area contributed by atoms with Gasteiger partial charge in [-0.1, -0.05) is 47.5 Å². The molecule has 1 aliphatic heterocycles. The van der Waals surface area contributed by atoms with Crippen molar-refractivity contribution in [1.29, 1.82) is 0 Å². The van der Waals surface area contributed by atoms with Crippen LogP contribution in [0, 0.1) is 0 Å². The van der Waals surface area contributed by atoms with Gasteiger partial charge in [-0.2, -0.15) is 0 Å². The first-order valence-corrected chi connectivity index (χ1v) is 9.97. The van der Waals surface area contributed by atoms with E-state index < -0.39 is 11.8 Å². The molecule has 0 saturated heterocycles. The summed E-state index contributed by atoms with van der Waals surface area (Å²) in [7, 11) is 0. The average molecular weight is 452 g/mol. The molecule has 8 heteroatoms. The van der Waals surface area contributed by atoms with Crippen LogP contribution in [-0.4, -0.2) is 17.7 Å². The smallest absolute Gasteiger partial charge is 0.283 e. The van der Waals surface area contributed by atoms with Crippen LogP contribution < -0.4 is 15.5 Å². The molecule has 0 radical (unpaired) electrons. The number of hydrogen-bond donors (Lipinski definition) is 2. The lowest BCUT2D eigenvalue weighted by Crippen LogP contribution is -2.32. The molecule has 0 spiro atoms. The molecule has 0 bridgehead atoms. The fourth-order valence-corrected chi connectivity index (χ4v) is 3.38. The van der Waals surface area contributed by atoms with E-state index in [1.165, 1.54) is 0 Å².